The monoisotopic (exact) mass is 516 g/mol. The minimum atomic E-state index is -0.563. The van der Waals surface area contributed by atoms with Crippen LogP contribution in [0.2, 0.25) is 0 Å². The molecule has 1 atom stereocenters. The molecule has 2 aromatic heterocycles. The summed E-state index contributed by atoms with van der Waals surface area (Å²) in [6.45, 7) is 6.76. The second-order valence-electron chi connectivity index (χ2n) is 10.1. The Morgan fingerprint density at radius 1 is 1.21 bits per heavy atom. The number of methoxy groups -OCH3 is 1. The van der Waals surface area contributed by atoms with Crippen LogP contribution >= 0.6 is 0 Å². The Morgan fingerprint density at radius 3 is 2.74 bits per heavy atom. The van der Waals surface area contributed by atoms with Gasteiger partial charge in [-0.1, -0.05) is 6.07 Å². The number of hydrogen-bond donors (Lipinski definition) is 0. The number of hydrogen-bond acceptors (Lipinski definition) is 9. The lowest BCUT2D eigenvalue weighted by molar-refractivity contribution is 0.0232. The highest BCUT2D eigenvalue weighted by molar-refractivity contribution is 5.69. The van der Waals surface area contributed by atoms with Crippen LogP contribution in [-0.2, 0) is 4.74 Å². The maximum absolute atomic E-state index is 12.8. The molecule has 4 rings (SSSR count). The Kier molecular flexibility index (Phi) is 7.96. The lowest BCUT2D eigenvalue weighted by Crippen LogP contribution is -2.44. The molecule has 198 valence electrons. The van der Waals surface area contributed by atoms with Gasteiger partial charge in [-0.15, -0.1) is 0 Å². The van der Waals surface area contributed by atoms with E-state index < -0.39 is 5.60 Å². The van der Waals surface area contributed by atoms with Gasteiger partial charge in [0.2, 0.25) is 0 Å². The largest absolute Gasteiger partial charge is 0.497 e. The predicted octanol–water partition coefficient (Wildman–Crippen LogP) is 5.05. The maximum atomic E-state index is 12.8. The van der Waals surface area contributed by atoms with Crippen molar-refractivity contribution in [3.63, 3.8) is 0 Å². The average molecular weight is 517 g/mol. The minimum absolute atomic E-state index is 0.0440. The average Bonchev–Trinajstić information content (AvgIpc) is 3.36. The molecule has 38 heavy (non-hydrogen) atoms. The molecule has 3 aromatic rings. The predicted molar refractivity (Wildman–Crippen MR) is 142 cm³/mol. The summed E-state index contributed by atoms with van der Waals surface area (Å²) in [5, 5.41) is 9.28. The van der Waals surface area contributed by atoms with E-state index in [1.54, 1.807) is 42.6 Å². The molecule has 1 amide bonds. The van der Waals surface area contributed by atoms with E-state index in [1.807, 2.05) is 44.9 Å². The molecule has 0 bridgehead atoms. The summed E-state index contributed by atoms with van der Waals surface area (Å²) in [6, 6.07) is 11.0. The second-order valence-corrected chi connectivity index (χ2v) is 10.1. The highest BCUT2D eigenvalue weighted by atomic mass is 16.6. The van der Waals surface area contributed by atoms with Gasteiger partial charge in [0.05, 0.1) is 30.6 Å². The number of pyridine rings is 1. The van der Waals surface area contributed by atoms with Crippen LogP contribution in [0.25, 0.3) is 11.3 Å². The van der Waals surface area contributed by atoms with Crippen LogP contribution in [0.15, 0.2) is 48.9 Å². The Hall–Kier alpha value is -4.39. The van der Waals surface area contributed by atoms with Gasteiger partial charge in [-0.2, -0.15) is 5.26 Å². The number of nitrogens with zero attached hydrogens (tertiary/aromatic N) is 6. The summed E-state index contributed by atoms with van der Waals surface area (Å²) >= 11 is 0. The Bertz CT molecular complexity index is 1330. The fraction of sp³-hybridized carbons (Fsp3) is 0.393. The molecule has 0 spiro atoms. The second kappa shape index (κ2) is 11.3. The van der Waals surface area contributed by atoms with Crippen molar-refractivity contribution < 1.29 is 19.0 Å². The summed E-state index contributed by atoms with van der Waals surface area (Å²) < 4.78 is 17.2. The van der Waals surface area contributed by atoms with Crippen molar-refractivity contribution >= 4 is 11.9 Å². The molecule has 0 aliphatic carbocycles. The topological polar surface area (TPSA) is 114 Å². The van der Waals surface area contributed by atoms with Crippen LogP contribution in [0.3, 0.4) is 0 Å². The number of amides is 1. The zero-order valence-corrected chi connectivity index (χ0v) is 22.3. The Balaban J connectivity index is 1.64. The Labute approximate surface area is 222 Å². The first kappa shape index (κ1) is 26.7. The van der Waals surface area contributed by atoms with Crippen LogP contribution in [0.4, 0.5) is 10.6 Å². The number of likely N-dealkylation sites (N-methyl/N-ethyl adjacent to an activating group) is 1. The molecular weight excluding hydrogens is 484 g/mol. The summed E-state index contributed by atoms with van der Waals surface area (Å²) in [7, 11) is 3.48. The quantitative estimate of drug-likeness (QED) is 0.426. The standard InChI is InChI=1S/C28H32N6O4/c1-28(2,3)38-27(35)34-11-7-8-21(34)18-33(4)25-26(37-23-10-6-9-22(13-23)36-5)32-24(17-31-25)20-12-19(14-29)15-30-16-20/h6,9-10,12-13,15-17,21H,7-8,11,18H2,1-5H3/t21-/m0/s1. The molecule has 1 aromatic carbocycles. The number of benzene rings is 1. The molecule has 0 saturated carbocycles. The lowest BCUT2D eigenvalue weighted by atomic mass is 10.1. The zero-order valence-electron chi connectivity index (χ0n) is 22.3. The number of aromatic nitrogens is 3. The molecule has 0 radical (unpaired) electrons. The number of likely N-dealkylation sites (tertiary alicyclic amines) is 1. The highest BCUT2D eigenvalue weighted by Gasteiger charge is 2.33. The van der Waals surface area contributed by atoms with Gasteiger partial charge in [-0.05, 0) is 51.8 Å². The van der Waals surface area contributed by atoms with E-state index >= 15 is 0 Å². The van der Waals surface area contributed by atoms with Gasteiger partial charge < -0.3 is 24.0 Å². The third-order valence-corrected chi connectivity index (χ3v) is 5.99. The number of rotatable bonds is 7. The number of ether oxygens (including phenoxy) is 3. The van der Waals surface area contributed by atoms with Gasteiger partial charge in [0, 0.05) is 44.2 Å². The van der Waals surface area contributed by atoms with E-state index in [-0.39, 0.29) is 18.0 Å². The zero-order chi connectivity index (χ0) is 27.3. The van der Waals surface area contributed by atoms with E-state index in [0.29, 0.717) is 47.2 Å². The van der Waals surface area contributed by atoms with Gasteiger partial charge in [0.25, 0.3) is 5.88 Å². The molecule has 1 aliphatic rings. The first-order valence-corrected chi connectivity index (χ1v) is 12.4. The lowest BCUT2D eigenvalue weighted by Gasteiger charge is -2.31. The van der Waals surface area contributed by atoms with Crippen LogP contribution < -0.4 is 14.4 Å². The first-order valence-electron chi connectivity index (χ1n) is 12.4. The number of nitriles is 1. The summed E-state index contributed by atoms with van der Waals surface area (Å²) in [6.07, 6.45) is 6.19. The van der Waals surface area contributed by atoms with Crippen molar-refractivity contribution in [2.45, 2.75) is 45.3 Å². The SMILES string of the molecule is COc1cccc(Oc2nc(-c3cncc(C#N)c3)cnc2N(C)C[C@@H]2CCCN2C(=O)OC(C)(C)C)c1. The molecule has 10 nitrogen and oxygen atoms in total. The third kappa shape index (κ3) is 6.48. The molecule has 0 N–H and O–H groups in total. The molecular formula is C28H32N6O4. The first-order chi connectivity index (χ1) is 18.2. The molecule has 1 aliphatic heterocycles. The van der Waals surface area contributed by atoms with Crippen LogP contribution in [-0.4, -0.2) is 64.8 Å². The van der Waals surface area contributed by atoms with Crippen molar-refractivity contribution in [1.82, 2.24) is 19.9 Å². The number of anilines is 1. The molecule has 1 saturated heterocycles. The van der Waals surface area contributed by atoms with E-state index in [0.717, 1.165) is 12.8 Å². The third-order valence-electron chi connectivity index (χ3n) is 5.99. The van der Waals surface area contributed by atoms with Crippen LogP contribution in [0.5, 0.6) is 17.4 Å². The minimum Gasteiger partial charge on any atom is -0.497 e. The normalized spacial score (nSPS) is 15.1. The van der Waals surface area contributed by atoms with E-state index in [9.17, 15) is 10.1 Å². The van der Waals surface area contributed by atoms with Gasteiger partial charge in [0.15, 0.2) is 5.82 Å². The molecule has 1 fully saturated rings. The van der Waals surface area contributed by atoms with Gasteiger partial charge in [-0.25, -0.2) is 14.8 Å². The summed E-state index contributed by atoms with van der Waals surface area (Å²) in [5.74, 6) is 1.97. The fourth-order valence-electron chi connectivity index (χ4n) is 4.24. The van der Waals surface area contributed by atoms with E-state index in [4.69, 9.17) is 19.2 Å². The maximum Gasteiger partial charge on any atom is 0.410 e. The van der Waals surface area contributed by atoms with Crippen molar-refractivity contribution in [2.75, 3.05) is 32.1 Å². The Morgan fingerprint density at radius 2 is 2.00 bits per heavy atom. The van der Waals surface area contributed by atoms with Crippen molar-refractivity contribution in [3.05, 3.63) is 54.5 Å². The number of carbonyl (C=O) groups excluding carboxylic acids is 1. The van der Waals surface area contributed by atoms with Crippen molar-refractivity contribution in [3.8, 4) is 34.7 Å². The van der Waals surface area contributed by atoms with Gasteiger partial charge >= 0.3 is 6.09 Å². The summed E-state index contributed by atoms with van der Waals surface area (Å²) in [4.78, 5) is 30.1. The molecule has 3 heterocycles. The van der Waals surface area contributed by atoms with Crippen molar-refractivity contribution in [1.29, 1.82) is 5.26 Å². The highest BCUT2D eigenvalue weighted by Crippen LogP contribution is 2.33. The number of carbonyl (C=O) groups is 1. The van der Waals surface area contributed by atoms with Gasteiger partial charge in [0.1, 0.15) is 23.2 Å². The fourth-order valence-corrected chi connectivity index (χ4v) is 4.24. The van der Waals surface area contributed by atoms with E-state index in [2.05, 4.69) is 16.0 Å². The van der Waals surface area contributed by atoms with Gasteiger partial charge in [-0.3, -0.25) is 4.98 Å². The molecule has 0 unspecified atom stereocenters. The van der Waals surface area contributed by atoms with Crippen LogP contribution in [0.1, 0.15) is 39.2 Å². The smallest absolute Gasteiger partial charge is 0.410 e. The van der Waals surface area contributed by atoms with E-state index in [1.165, 1.54) is 6.20 Å². The molecule has 10 heteroatoms. The summed E-state index contributed by atoms with van der Waals surface area (Å²) in [5.41, 5.74) is 1.02. The van der Waals surface area contributed by atoms with Crippen molar-refractivity contribution in [2.24, 2.45) is 0 Å². The van der Waals surface area contributed by atoms with Crippen LogP contribution in [0, 0.1) is 11.3 Å².